The van der Waals surface area contributed by atoms with Gasteiger partial charge in [0.15, 0.2) is 0 Å². The predicted octanol–water partition coefficient (Wildman–Crippen LogP) is 5.68. The monoisotopic (exact) mass is 596 g/mol. The zero-order chi connectivity index (χ0) is 29.2. The van der Waals surface area contributed by atoms with Gasteiger partial charge in [0.1, 0.15) is 0 Å². The van der Waals surface area contributed by atoms with E-state index in [1.807, 2.05) is 0 Å². The summed E-state index contributed by atoms with van der Waals surface area (Å²) in [6, 6.07) is 43.2. The van der Waals surface area contributed by atoms with Crippen molar-refractivity contribution in [2.45, 2.75) is 0 Å². The number of rotatable bonds is 0. The van der Waals surface area contributed by atoms with Gasteiger partial charge in [-0.2, -0.15) is 0 Å². The Balaban J connectivity index is 1.47. The molecule has 0 fully saturated rings. The van der Waals surface area contributed by atoms with Crippen LogP contribution in [0.3, 0.4) is 0 Å². The second-order valence-electron chi connectivity index (χ2n) is 12.8. The van der Waals surface area contributed by atoms with Crippen molar-refractivity contribution in [3.8, 4) is 11.5 Å². The second-order valence-corrected chi connectivity index (χ2v) is 17.9. The first-order chi connectivity index (χ1) is 22.2. The molecule has 1 spiro atoms. The molecule has 0 atom stereocenters. The summed E-state index contributed by atoms with van der Waals surface area (Å²) in [5, 5.41) is 8.84. The molecular formula is C38H24N4O2Si+2. The second kappa shape index (κ2) is 6.60. The Labute approximate surface area is 255 Å². The van der Waals surface area contributed by atoms with Gasteiger partial charge in [0.2, 0.25) is 0 Å². The van der Waals surface area contributed by atoms with E-state index in [0.29, 0.717) is 0 Å². The van der Waals surface area contributed by atoms with Crippen molar-refractivity contribution in [1.29, 1.82) is 0 Å². The third-order valence-corrected chi connectivity index (χ3v) is 18.0. The quantitative estimate of drug-likeness (QED) is 0.167. The Kier molecular flexibility index (Phi) is 3.31. The van der Waals surface area contributed by atoms with Gasteiger partial charge < -0.3 is 0 Å². The van der Waals surface area contributed by atoms with Crippen molar-refractivity contribution in [3.05, 3.63) is 146 Å². The van der Waals surface area contributed by atoms with Gasteiger partial charge in [-0.05, 0) is 0 Å². The molecule has 0 bridgehead atoms. The molecule has 9 aromatic rings. The zero-order valence-corrected chi connectivity index (χ0v) is 25.0. The van der Waals surface area contributed by atoms with Gasteiger partial charge >= 0.3 is 256 Å². The molecule has 0 N–H and O–H groups in total. The normalized spacial score (nSPS) is 18.6. The van der Waals surface area contributed by atoms with E-state index in [4.69, 9.17) is 8.85 Å². The van der Waals surface area contributed by atoms with Crippen molar-refractivity contribution in [1.82, 2.24) is 0 Å². The summed E-state index contributed by atoms with van der Waals surface area (Å²) in [5.41, 5.74) is 4.35. The number of benzene rings is 5. The van der Waals surface area contributed by atoms with E-state index in [0.717, 1.165) is 76.7 Å². The fraction of sp³-hybridized carbons (Fsp3) is 0. The van der Waals surface area contributed by atoms with Crippen LogP contribution in [-0.2, 0) is 0 Å². The molecule has 3 aliphatic heterocycles. The van der Waals surface area contributed by atoms with Crippen LogP contribution in [0, 0.1) is 0 Å². The number of fused-ring (bicyclic) bond motifs is 6. The van der Waals surface area contributed by atoms with Crippen molar-refractivity contribution in [2.24, 2.45) is 0 Å². The average Bonchev–Trinajstić information content (AvgIpc) is 3.67. The summed E-state index contributed by atoms with van der Waals surface area (Å²) in [4.78, 5) is 0. The predicted molar refractivity (Wildman–Crippen MR) is 174 cm³/mol. The molecule has 210 valence electrons. The standard InChI is InChI=1S/C38H24N4O2Si/c1-3-15-31-29(13-1)30-14-2-4-16-32(30)38-37(31)43-45(44-38,39-21-5-9-25-17-18-26-10-6-22-40(45)34(26)33(25)39)41-23-7-11-27-19-20-28-12-8-24-42(45)36(28)35(27)41/h1-24H/q+2. The summed E-state index contributed by atoms with van der Waals surface area (Å²) in [6.45, 7) is 0. The van der Waals surface area contributed by atoms with Crippen LogP contribution in [-0.4, -0.2) is 7.76 Å². The van der Waals surface area contributed by atoms with Crippen LogP contribution in [0.1, 0.15) is 0 Å². The molecule has 0 aliphatic carbocycles. The third kappa shape index (κ3) is 1.93. The summed E-state index contributed by atoms with van der Waals surface area (Å²) in [6.07, 6.45) is 8.72. The molecule has 7 heterocycles. The van der Waals surface area contributed by atoms with Crippen LogP contribution in [0.15, 0.2) is 146 Å². The molecule has 45 heavy (non-hydrogen) atoms. The number of pyridine rings is 4. The van der Waals surface area contributed by atoms with Crippen LogP contribution >= 0.6 is 0 Å². The van der Waals surface area contributed by atoms with Crippen molar-refractivity contribution in [2.75, 3.05) is 0 Å². The first-order valence-electron chi connectivity index (χ1n) is 15.4. The van der Waals surface area contributed by atoms with Gasteiger partial charge in [-0.3, -0.25) is 0 Å². The van der Waals surface area contributed by atoms with Crippen LogP contribution < -0.4 is 25.8 Å². The van der Waals surface area contributed by atoms with Crippen molar-refractivity contribution in [3.63, 3.8) is 0 Å². The van der Waals surface area contributed by atoms with Gasteiger partial charge in [0.25, 0.3) is 0 Å². The first kappa shape index (κ1) is 22.6. The fourth-order valence-corrected chi connectivity index (χ4v) is 17.5. The summed E-state index contributed by atoms with van der Waals surface area (Å²) in [5.74, 6) is 1.52. The maximum absolute atomic E-state index is 8.22. The molecule has 6 nitrogen and oxygen atoms in total. The molecule has 12 rings (SSSR count). The minimum atomic E-state index is -5.86. The van der Waals surface area contributed by atoms with E-state index in [2.05, 4.69) is 163 Å². The molecule has 3 aliphatic rings. The van der Waals surface area contributed by atoms with Crippen molar-refractivity contribution < 1.29 is 25.8 Å². The van der Waals surface area contributed by atoms with Crippen LogP contribution in [0.5, 0.6) is 11.5 Å². The summed E-state index contributed by atoms with van der Waals surface area (Å²) < 4.78 is 26.0. The van der Waals surface area contributed by atoms with Crippen LogP contribution in [0.2, 0.25) is 0 Å². The van der Waals surface area contributed by atoms with Gasteiger partial charge in [-0.25, -0.2) is 0 Å². The van der Waals surface area contributed by atoms with Gasteiger partial charge in [-0.15, -0.1) is 0 Å². The Morgan fingerprint density at radius 3 is 0.978 bits per heavy atom. The summed E-state index contributed by atoms with van der Waals surface area (Å²) >= 11 is 0. The van der Waals surface area contributed by atoms with Gasteiger partial charge in [0.05, 0.1) is 0 Å². The maximum atomic E-state index is 8.22. The minimum absolute atomic E-state index is 0.761. The Bertz CT molecular complexity index is 2620. The summed E-state index contributed by atoms with van der Waals surface area (Å²) in [7, 11) is -5.86. The first-order valence-corrected chi connectivity index (χ1v) is 18.0. The van der Waals surface area contributed by atoms with E-state index in [-0.39, 0.29) is 0 Å². The van der Waals surface area contributed by atoms with Crippen LogP contribution in [0.25, 0.3) is 65.2 Å². The molecule has 0 unspecified atom stereocenters. The molecule has 4 aromatic heterocycles. The molecule has 0 saturated carbocycles. The zero-order valence-electron chi connectivity index (χ0n) is 24.0. The topological polar surface area (TPSA) is 34.0 Å². The molecule has 5 aromatic carbocycles. The Morgan fingerprint density at radius 2 is 0.644 bits per heavy atom. The van der Waals surface area contributed by atoms with E-state index in [9.17, 15) is 0 Å². The molecular weight excluding hydrogens is 573 g/mol. The Morgan fingerprint density at radius 1 is 0.333 bits per heavy atom. The fourth-order valence-electron chi connectivity index (χ4n) is 9.45. The van der Waals surface area contributed by atoms with Crippen molar-refractivity contribution >= 4 is 72.9 Å². The van der Waals surface area contributed by atoms with Gasteiger partial charge in [-0.1, -0.05) is 0 Å². The molecule has 0 radical (unpaired) electrons. The SMILES string of the molecule is c1ccc2c(c1)c1c(c3ccccc32)O[Si-2]23(O1)([n+]1cccc4ccc5ccc[n+]2c5c41)[n+]1cccc2ccc4ccc[n+]3c4c21. The Hall–Kier alpha value is -5.92. The van der Waals surface area contributed by atoms with E-state index >= 15 is 0 Å². The van der Waals surface area contributed by atoms with E-state index in [1.165, 1.54) is 0 Å². The molecule has 7 heteroatoms. The number of nitrogens with zero attached hydrogens (tertiary/aromatic N) is 4. The molecule has 0 amide bonds. The third-order valence-electron chi connectivity index (χ3n) is 11.0. The average molecular weight is 597 g/mol. The van der Waals surface area contributed by atoms with E-state index in [1.54, 1.807) is 0 Å². The van der Waals surface area contributed by atoms with E-state index < -0.39 is 7.76 Å². The van der Waals surface area contributed by atoms with Gasteiger partial charge in [0, 0.05) is 0 Å². The number of hydrogen-bond acceptors (Lipinski definition) is 2. The number of aromatic nitrogens is 4. The molecule has 0 saturated heterocycles. The van der Waals surface area contributed by atoms with Crippen LogP contribution in [0.4, 0.5) is 0 Å². The number of hydrogen-bond donors (Lipinski definition) is 0.